The zero-order valence-corrected chi connectivity index (χ0v) is 18.4. The lowest BCUT2D eigenvalue weighted by atomic mass is 9.86. The van der Waals surface area contributed by atoms with Gasteiger partial charge in [-0.05, 0) is 30.2 Å². The van der Waals surface area contributed by atoms with Crippen molar-refractivity contribution < 1.29 is 19.5 Å². The topological polar surface area (TPSA) is 181 Å². The van der Waals surface area contributed by atoms with Crippen molar-refractivity contribution in [2.45, 2.75) is 36.0 Å². The van der Waals surface area contributed by atoms with Crippen LogP contribution in [-0.2, 0) is 14.4 Å². The molecule has 0 spiro atoms. The van der Waals surface area contributed by atoms with E-state index in [-0.39, 0.29) is 20.9 Å². The van der Waals surface area contributed by atoms with Gasteiger partial charge in [-0.3, -0.25) is 14.5 Å². The van der Waals surface area contributed by atoms with Gasteiger partial charge in [0.25, 0.3) is 11.8 Å². The van der Waals surface area contributed by atoms with E-state index in [9.17, 15) is 24.4 Å². The highest BCUT2D eigenvalue weighted by molar-refractivity contribution is 8.03. The van der Waals surface area contributed by atoms with Gasteiger partial charge < -0.3 is 16.2 Å². The fraction of sp³-hybridized carbons (Fsp3) is 0.294. The third kappa shape index (κ3) is 3.91. The molecule has 0 saturated carbocycles. The average Bonchev–Trinajstić information content (AvgIpc) is 3.10. The van der Waals surface area contributed by atoms with E-state index >= 15 is 0 Å². The minimum Gasteiger partial charge on any atom is -0.477 e. The number of thioether (sulfide) groups is 1. The number of nitroso groups, excluding NO2 is 1. The van der Waals surface area contributed by atoms with Gasteiger partial charge in [0.15, 0.2) is 5.13 Å². The number of amides is 2. The summed E-state index contributed by atoms with van der Waals surface area (Å²) in [5.41, 5.74) is 5.29. The van der Waals surface area contributed by atoms with Gasteiger partial charge in [0.2, 0.25) is 6.04 Å². The summed E-state index contributed by atoms with van der Waals surface area (Å²) < 4.78 is 0.0447. The van der Waals surface area contributed by atoms with Crippen molar-refractivity contribution in [1.29, 1.82) is 0 Å². The molecule has 4 heterocycles. The monoisotopic (exact) mass is 495 g/mol. The number of nitrogens with two attached hydrogens (primary N) is 1. The van der Waals surface area contributed by atoms with E-state index in [0.717, 1.165) is 28.0 Å². The highest BCUT2D eigenvalue weighted by Gasteiger charge is 2.54. The number of carbonyl (C=O) groups excluding carboxylic acids is 2. The molecular weight excluding hydrogens is 482 g/mol. The molecule has 3 atom stereocenters. The van der Waals surface area contributed by atoms with E-state index in [1.807, 2.05) is 0 Å². The molecule has 15 heteroatoms. The van der Waals surface area contributed by atoms with Crippen molar-refractivity contribution in [3.63, 3.8) is 0 Å². The fourth-order valence-corrected chi connectivity index (χ4v) is 5.51. The molecule has 0 aromatic carbocycles. The number of carbonyl (C=O) groups is 3. The Morgan fingerprint density at radius 1 is 1.47 bits per heavy atom. The summed E-state index contributed by atoms with van der Waals surface area (Å²) in [6.45, 7) is 0. The number of carboxylic acid groups (broad SMARTS) is 1. The summed E-state index contributed by atoms with van der Waals surface area (Å²) in [5.74, 6) is -2.74. The number of hydrogen-bond acceptors (Lipinski definition) is 11. The maximum Gasteiger partial charge on any atom is 0.353 e. The minimum absolute atomic E-state index is 0.0447. The second-order valence-corrected chi connectivity index (χ2v) is 9.51. The van der Waals surface area contributed by atoms with E-state index in [2.05, 4.69) is 25.7 Å². The molecule has 4 N–H and O–H groups in total. The fourth-order valence-electron chi connectivity index (χ4n) is 3.55. The van der Waals surface area contributed by atoms with E-state index < -0.39 is 35.9 Å². The molecule has 4 rings (SSSR count). The van der Waals surface area contributed by atoms with Crippen LogP contribution in [0.1, 0.15) is 24.6 Å². The van der Waals surface area contributed by atoms with Crippen LogP contribution in [0, 0.1) is 4.91 Å². The van der Waals surface area contributed by atoms with Gasteiger partial charge in [-0.15, -0.1) is 10.0 Å². The lowest BCUT2D eigenvalue weighted by Crippen LogP contribution is -2.71. The van der Waals surface area contributed by atoms with Crippen LogP contribution >= 0.6 is 34.7 Å². The van der Waals surface area contributed by atoms with Crippen LogP contribution in [0.15, 0.2) is 39.1 Å². The number of anilines is 1. The molecule has 2 aromatic heterocycles. The molecule has 2 amide bonds. The van der Waals surface area contributed by atoms with Crippen molar-refractivity contribution in [2.24, 2.45) is 5.18 Å². The lowest BCUT2D eigenvalue weighted by Gasteiger charge is -2.50. The quantitative estimate of drug-likeness (QED) is 0.376. The van der Waals surface area contributed by atoms with Gasteiger partial charge in [-0.1, -0.05) is 34.7 Å². The minimum atomic E-state index is -1.58. The number of carboxylic acids is 1. The average molecular weight is 496 g/mol. The number of nitrogens with one attached hydrogen (secondary N) is 1. The molecule has 166 valence electrons. The highest BCUT2D eigenvalue weighted by Crippen LogP contribution is 2.43. The van der Waals surface area contributed by atoms with Crippen LogP contribution in [0.5, 0.6) is 0 Å². The lowest BCUT2D eigenvalue weighted by molar-refractivity contribution is -0.156. The second-order valence-electron chi connectivity index (χ2n) is 6.76. The van der Waals surface area contributed by atoms with Gasteiger partial charge in [0, 0.05) is 11.1 Å². The molecule has 1 saturated heterocycles. The molecule has 2 unspecified atom stereocenters. The van der Waals surface area contributed by atoms with E-state index in [0.29, 0.717) is 22.8 Å². The van der Waals surface area contributed by atoms with E-state index in [1.165, 1.54) is 6.20 Å². The second kappa shape index (κ2) is 8.80. The van der Waals surface area contributed by atoms with Crippen LogP contribution in [0.3, 0.4) is 0 Å². The molecule has 2 aromatic rings. The Bertz CT molecular complexity index is 1140. The molecule has 12 nitrogen and oxygen atoms in total. The van der Waals surface area contributed by atoms with Crippen molar-refractivity contribution in [3.05, 3.63) is 43.9 Å². The van der Waals surface area contributed by atoms with Gasteiger partial charge in [0.1, 0.15) is 26.8 Å². The Kier molecular flexibility index (Phi) is 6.08. The third-order valence-electron chi connectivity index (χ3n) is 4.91. The smallest absolute Gasteiger partial charge is 0.353 e. The van der Waals surface area contributed by atoms with Crippen LogP contribution in [0.25, 0.3) is 0 Å². The largest absolute Gasteiger partial charge is 0.477 e. The number of β-lactam (4-membered cyclic amide) rings is 1. The van der Waals surface area contributed by atoms with Crippen LogP contribution < -0.4 is 11.1 Å². The van der Waals surface area contributed by atoms with Gasteiger partial charge in [-0.25, -0.2) is 9.78 Å². The predicted molar refractivity (Wildman–Crippen MR) is 114 cm³/mol. The number of halogens is 1. The zero-order valence-electron chi connectivity index (χ0n) is 16.0. The Labute approximate surface area is 193 Å². The Balaban J connectivity index is 1.52. The van der Waals surface area contributed by atoms with E-state index in [1.54, 1.807) is 12.1 Å². The molecule has 0 bridgehead atoms. The van der Waals surface area contributed by atoms with Crippen molar-refractivity contribution in [2.75, 3.05) is 5.73 Å². The SMILES string of the molecule is Nc1nc(C(N=O)C(=O)N[C@@H]2C(=O)N3C(C(=O)O)=C(Sc4cccnn4)CCC23)c(Cl)s1. The standard InChI is InChI=1S/C17H14ClN7O5S2/c18-13-10(22-17(19)32-13)11(24-30)14(26)21-9-6-3-4-7(31-8-2-1-5-20-23-8)12(16(28)29)25(6)15(9)27/h1-2,5-6,9,11H,3-4H2,(H2,19,22)(H,21,26)(H,28,29)/t6?,9-,11?/m0/s1. The number of allylic oxidation sites excluding steroid dienone is 1. The molecular formula is C17H14ClN7O5S2. The molecule has 2 aliphatic rings. The first-order valence-electron chi connectivity index (χ1n) is 9.11. The van der Waals surface area contributed by atoms with Crippen LogP contribution in [0.2, 0.25) is 4.34 Å². The third-order valence-corrected chi connectivity index (χ3v) is 7.09. The molecule has 2 aliphatic heterocycles. The van der Waals surface area contributed by atoms with E-state index in [4.69, 9.17) is 17.3 Å². The summed E-state index contributed by atoms with van der Waals surface area (Å²) >= 11 is 7.97. The first kappa shape index (κ1) is 22.1. The maximum absolute atomic E-state index is 12.8. The number of nitrogen functional groups attached to an aromatic ring is 1. The number of thiazole rings is 1. The zero-order chi connectivity index (χ0) is 23.0. The molecule has 1 fully saturated rings. The molecule has 32 heavy (non-hydrogen) atoms. The maximum atomic E-state index is 12.8. The number of rotatable bonds is 7. The number of aromatic nitrogens is 3. The van der Waals surface area contributed by atoms with Gasteiger partial charge >= 0.3 is 5.97 Å². The van der Waals surface area contributed by atoms with Crippen LogP contribution in [-0.4, -0.2) is 55.1 Å². The normalized spacial score (nSPS) is 20.9. The first-order valence-corrected chi connectivity index (χ1v) is 11.1. The number of fused-ring (bicyclic) bond motifs is 1. The van der Waals surface area contributed by atoms with Crippen molar-refractivity contribution in [1.82, 2.24) is 25.4 Å². The van der Waals surface area contributed by atoms with Crippen molar-refractivity contribution >= 4 is 57.6 Å². The summed E-state index contributed by atoms with van der Waals surface area (Å²) in [4.78, 5) is 54.1. The Hall–Kier alpha value is -3.10. The summed E-state index contributed by atoms with van der Waals surface area (Å²) in [6, 6.07) is 0.187. The predicted octanol–water partition coefficient (Wildman–Crippen LogP) is 1.55. The summed E-state index contributed by atoms with van der Waals surface area (Å²) in [5, 5.41) is 23.2. The van der Waals surface area contributed by atoms with Crippen LogP contribution in [0.4, 0.5) is 5.13 Å². The first-order chi connectivity index (χ1) is 15.3. The number of hydrogen-bond donors (Lipinski definition) is 3. The van der Waals surface area contributed by atoms with Crippen molar-refractivity contribution in [3.8, 4) is 0 Å². The summed E-state index contributed by atoms with van der Waals surface area (Å²) in [6.07, 6.45) is 2.25. The molecule has 0 radical (unpaired) electrons. The highest BCUT2D eigenvalue weighted by atomic mass is 35.5. The number of nitrogens with zero attached hydrogens (tertiary/aromatic N) is 5. The number of aliphatic carboxylic acids is 1. The van der Waals surface area contributed by atoms with Gasteiger partial charge in [0.05, 0.1) is 6.04 Å². The molecule has 0 aliphatic carbocycles. The summed E-state index contributed by atoms with van der Waals surface area (Å²) in [7, 11) is 0. The Morgan fingerprint density at radius 2 is 2.25 bits per heavy atom. The Morgan fingerprint density at radius 3 is 2.84 bits per heavy atom. The van der Waals surface area contributed by atoms with Gasteiger partial charge in [-0.2, -0.15) is 5.10 Å².